The molecule has 19 heavy (non-hydrogen) atoms. The number of nitrogens with one attached hydrogen (secondary N) is 1. The van der Waals surface area contributed by atoms with E-state index in [9.17, 15) is 0 Å². The highest BCUT2D eigenvalue weighted by atomic mass is 16.5. The van der Waals surface area contributed by atoms with Crippen LogP contribution in [0.4, 0.5) is 0 Å². The van der Waals surface area contributed by atoms with Gasteiger partial charge in [-0.25, -0.2) is 0 Å². The molecule has 2 saturated heterocycles. The van der Waals surface area contributed by atoms with Gasteiger partial charge in [-0.15, -0.1) is 0 Å². The molecule has 1 aliphatic carbocycles. The van der Waals surface area contributed by atoms with Crippen LogP contribution in [0.25, 0.3) is 0 Å². The van der Waals surface area contributed by atoms with Gasteiger partial charge in [0, 0.05) is 25.7 Å². The first-order valence-corrected chi connectivity index (χ1v) is 6.81. The van der Waals surface area contributed by atoms with Gasteiger partial charge in [0.25, 0.3) is 0 Å². The van der Waals surface area contributed by atoms with Gasteiger partial charge >= 0.3 is 0 Å². The summed E-state index contributed by atoms with van der Waals surface area (Å²) in [7, 11) is 4.00. The van der Waals surface area contributed by atoms with Crippen molar-refractivity contribution < 1.29 is 4.74 Å². The molecule has 2 heterocycles. The highest BCUT2D eigenvalue weighted by Crippen LogP contribution is 2.39. The van der Waals surface area contributed by atoms with E-state index >= 15 is 0 Å². The molecular formula is C15H21N3O. The summed E-state index contributed by atoms with van der Waals surface area (Å²) in [6.45, 7) is 6.64. The van der Waals surface area contributed by atoms with Gasteiger partial charge in [-0.1, -0.05) is 6.58 Å². The van der Waals surface area contributed by atoms with Crippen LogP contribution in [0.3, 0.4) is 0 Å². The highest BCUT2D eigenvalue weighted by Gasteiger charge is 2.43. The number of likely N-dealkylation sites (tertiary alicyclic amines) is 1. The van der Waals surface area contributed by atoms with E-state index < -0.39 is 0 Å². The zero-order valence-corrected chi connectivity index (χ0v) is 11.7. The first kappa shape index (κ1) is 12.6. The summed E-state index contributed by atoms with van der Waals surface area (Å²) < 4.78 is 6.12. The SMILES string of the molecule is C=C1C=C1/C=C1\C(=NC)NCOC12CCN(C)CC2. The van der Waals surface area contributed by atoms with Gasteiger partial charge < -0.3 is 15.0 Å². The van der Waals surface area contributed by atoms with Gasteiger partial charge in [0.05, 0.1) is 0 Å². The van der Waals surface area contributed by atoms with Crippen molar-refractivity contribution in [2.24, 2.45) is 4.99 Å². The Hall–Kier alpha value is -1.39. The maximum absolute atomic E-state index is 6.12. The molecule has 3 aliphatic rings. The van der Waals surface area contributed by atoms with Crippen molar-refractivity contribution in [3.05, 3.63) is 35.5 Å². The second-order valence-electron chi connectivity index (χ2n) is 5.52. The molecule has 2 aliphatic heterocycles. The number of rotatable bonds is 1. The van der Waals surface area contributed by atoms with Crippen LogP contribution in [-0.2, 0) is 4.74 Å². The molecule has 3 rings (SSSR count). The van der Waals surface area contributed by atoms with Crippen LogP contribution < -0.4 is 5.32 Å². The lowest BCUT2D eigenvalue weighted by molar-refractivity contribution is -0.0618. The standard InChI is InChI=1S/C15H21N3O/c1-11-8-12(11)9-13-14(16-2)17-10-19-15(13)4-6-18(3)7-5-15/h8-9H,1,4-7,10H2,2-3H3,(H,16,17)/b13-9+. The average Bonchev–Trinajstić information content (AvgIpc) is 3.11. The van der Waals surface area contributed by atoms with Gasteiger partial charge in [0.2, 0.25) is 0 Å². The second-order valence-corrected chi connectivity index (χ2v) is 5.52. The fraction of sp³-hybridized carbons (Fsp3) is 0.533. The molecule has 0 saturated carbocycles. The summed E-state index contributed by atoms with van der Waals surface area (Å²) in [5.74, 6) is 0.969. The van der Waals surface area contributed by atoms with Crippen LogP contribution in [-0.4, -0.2) is 50.3 Å². The topological polar surface area (TPSA) is 36.9 Å². The van der Waals surface area contributed by atoms with Gasteiger partial charge in [-0.3, -0.25) is 4.99 Å². The molecule has 4 heteroatoms. The summed E-state index contributed by atoms with van der Waals surface area (Å²) in [5, 5.41) is 3.24. The monoisotopic (exact) mass is 259 g/mol. The number of ether oxygens (including phenoxy) is 1. The predicted molar refractivity (Wildman–Crippen MR) is 77.2 cm³/mol. The second kappa shape index (κ2) is 4.62. The summed E-state index contributed by atoms with van der Waals surface area (Å²) in [4.78, 5) is 6.74. The minimum absolute atomic E-state index is 0.170. The lowest BCUT2D eigenvalue weighted by atomic mass is 9.81. The molecule has 2 fully saturated rings. The smallest absolute Gasteiger partial charge is 0.128 e. The first-order valence-electron chi connectivity index (χ1n) is 6.81. The van der Waals surface area contributed by atoms with Crippen molar-refractivity contribution in [2.75, 3.05) is 33.9 Å². The fourth-order valence-corrected chi connectivity index (χ4v) is 2.87. The zero-order chi connectivity index (χ0) is 13.5. The van der Waals surface area contributed by atoms with Crippen molar-refractivity contribution in [3.63, 3.8) is 0 Å². The van der Waals surface area contributed by atoms with E-state index in [0.29, 0.717) is 6.73 Å². The van der Waals surface area contributed by atoms with E-state index in [2.05, 4.69) is 41.0 Å². The lowest BCUT2D eigenvalue weighted by Crippen LogP contribution is -2.54. The van der Waals surface area contributed by atoms with Crippen molar-refractivity contribution >= 4 is 5.84 Å². The van der Waals surface area contributed by atoms with Gasteiger partial charge in [0.15, 0.2) is 0 Å². The van der Waals surface area contributed by atoms with Gasteiger partial charge in [-0.05, 0) is 43.2 Å². The fourth-order valence-electron chi connectivity index (χ4n) is 2.87. The molecule has 102 valence electrons. The Morgan fingerprint density at radius 1 is 1.47 bits per heavy atom. The number of piperidine rings is 1. The Kier molecular flexibility index (Phi) is 3.07. The van der Waals surface area contributed by atoms with E-state index in [1.54, 1.807) is 0 Å². The van der Waals surface area contributed by atoms with Crippen molar-refractivity contribution in [2.45, 2.75) is 18.4 Å². The third kappa shape index (κ3) is 2.26. The Morgan fingerprint density at radius 2 is 2.16 bits per heavy atom. The maximum atomic E-state index is 6.12. The maximum Gasteiger partial charge on any atom is 0.128 e. The molecule has 4 nitrogen and oxygen atoms in total. The molecule has 0 atom stereocenters. The molecule has 1 spiro atoms. The van der Waals surface area contributed by atoms with E-state index in [4.69, 9.17) is 4.74 Å². The molecule has 0 amide bonds. The van der Waals surface area contributed by atoms with Gasteiger partial charge in [0.1, 0.15) is 18.2 Å². The van der Waals surface area contributed by atoms with Crippen LogP contribution in [0.15, 0.2) is 40.4 Å². The molecule has 0 aromatic heterocycles. The minimum atomic E-state index is -0.170. The number of nitrogens with zero attached hydrogens (tertiary/aromatic N) is 2. The Bertz CT molecular complexity index is 494. The number of amidine groups is 1. The first-order chi connectivity index (χ1) is 9.14. The average molecular weight is 259 g/mol. The van der Waals surface area contributed by atoms with Gasteiger partial charge in [-0.2, -0.15) is 0 Å². The summed E-state index contributed by atoms with van der Waals surface area (Å²) in [6, 6.07) is 0. The van der Waals surface area contributed by atoms with E-state index in [1.165, 1.54) is 11.1 Å². The van der Waals surface area contributed by atoms with E-state index in [0.717, 1.165) is 37.3 Å². The van der Waals surface area contributed by atoms with E-state index in [1.807, 2.05) is 7.05 Å². The van der Waals surface area contributed by atoms with E-state index in [-0.39, 0.29) is 5.60 Å². The van der Waals surface area contributed by atoms with Crippen LogP contribution >= 0.6 is 0 Å². The largest absolute Gasteiger partial charge is 0.350 e. The number of allylic oxidation sites excluding steroid dienone is 4. The number of aliphatic imine (C=N–C) groups is 1. The summed E-state index contributed by atoms with van der Waals surface area (Å²) in [5.41, 5.74) is 3.37. The molecule has 1 N–H and O–H groups in total. The van der Waals surface area contributed by atoms with Crippen LogP contribution in [0, 0.1) is 0 Å². The normalized spacial score (nSPS) is 30.6. The zero-order valence-electron chi connectivity index (χ0n) is 11.7. The number of hydrogen-bond donors (Lipinski definition) is 1. The Labute approximate surface area is 114 Å². The quantitative estimate of drug-likeness (QED) is 0.775. The summed E-state index contributed by atoms with van der Waals surface area (Å²) >= 11 is 0. The molecule has 0 aromatic rings. The lowest BCUT2D eigenvalue weighted by Gasteiger charge is -2.45. The van der Waals surface area contributed by atoms with Crippen LogP contribution in [0.2, 0.25) is 0 Å². The van der Waals surface area contributed by atoms with Crippen LogP contribution in [0.1, 0.15) is 12.8 Å². The third-order valence-corrected chi connectivity index (χ3v) is 4.27. The minimum Gasteiger partial charge on any atom is -0.350 e. The third-order valence-electron chi connectivity index (χ3n) is 4.27. The van der Waals surface area contributed by atoms with Crippen LogP contribution in [0.5, 0.6) is 0 Å². The van der Waals surface area contributed by atoms with Crippen molar-refractivity contribution in [3.8, 4) is 0 Å². The molecule has 0 bridgehead atoms. The van der Waals surface area contributed by atoms with Crippen molar-refractivity contribution in [1.29, 1.82) is 0 Å². The van der Waals surface area contributed by atoms with Crippen molar-refractivity contribution in [1.82, 2.24) is 10.2 Å². The number of hydrogen-bond acceptors (Lipinski definition) is 3. The molecule has 0 radical (unpaired) electrons. The summed E-state index contributed by atoms with van der Waals surface area (Å²) in [6.07, 6.45) is 6.34. The highest BCUT2D eigenvalue weighted by molar-refractivity contribution is 6.01. The molecule has 0 aromatic carbocycles. The predicted octanol–water partition coefficient (Wildman–Crippen LogP) is 1.48. The molecule has 0 unspecified atom stereocenters. The Morgan fingerprint density at radius 3 is 2.74 bits per heavy atom. The Balaban J connectivity index is 1.94. The molecular weight excluding hydrogens is 238 g/mol.